The molecule has 4 N–H and O–H groups in total. The fourth-order valence-electron chi connectivity index (χ4n) is 2.25. The van der Waals surface area contributed by atoms with E-state index in [1.807, 2.05) is 53.2 Å². The van der Waals surface area contributed by atoms with E-state index in [-0.39, 0.29) is 0 Å². The number of halogens is 1. The lowest BCUT2D eigenvalue weighted by atomic mass is 10.1. The van der Waals surface area contributed by atoms with E-state index in [0.717, 1.165) is 16.8 Å². The Morgan fingerprint density at radius 3 is 2.57 bits per heavy atom. The van der Waals surface area contributed by atoms with Gasteiger partial charge in [0, 0.05) is 16.8 Å². The second-order valence-electron chi connectivity index (χ2n) is 4.82. The van der Waals surface area contributed by atoms with E-state index >= 15 is 0 Å². The van der Waals surface area contributed by atoms with Crippen molar-refractivity contribution in [1.29, 1.82) is 0 Å². The Kier molecular flexibility index (Phi) is 3.54. The fraction of sp³-hybridized carbons (Fsp3) is 0.0625. The van der Waals surface area contributed by atoms with Crippen LogP contribution in [-0.2, 0) is 6.54 Å². The van der Waals surface area contributed by atoms with Crippen LogP contribution in [0.15, 0.2) is 54.7 Å². The molecule has 0 atom stereocenters. The number of anilines is 2. The van der Waals surface area contributed by atoms with Gasteiger partial charge in [0.15, 0.2) is 0 Å². The maximum atomic E-state index is 6.26. The molecule has 3 rings (SSSR count). The van der Waals surface area contributed by atoms with Crippen LogP contribution in [0.3, 0.4) is 0 Å². The third-order valence-electron chi connectivity index (χ3n) is 3.35. The summed E-state index contributed by atoms with van der Waals surface area (Å²) in [6.07, 6.45) is 1.76. The number of hydrogen-bond acceptors (Lipinski definition) is 3. The monoisotopic (exact) mass is 298 g/mol. The molecule has 1 aromatic heterocycles. The highest BCUT2D eigenvalue weighted by molar-refractivity contribution is 6.33. The summed E-state index contributed by atoms with van der Waals surface area (Å²) >= 11 is 6.26. The highest BCUT2D eigenvalue weighted by atomic mass is 35.5. The minimum absolute atomic E-state index is 0.582. The number of hydrogen-bond donors (Lipinski definition) is 2. The van der Waals surface area contributed by atoms with Gasteiger partial charge in [0.1, 0.15) is 0 Å². The van der Waals surface area contributed by atoms with Crippen molar-refractivity contribution < 1.29 is 0 Å². The van der Waals surface area contributed by atoms with Gasteiger partial charge in [0.05, 0.1) is 23.6 Å². The maximum Gasteiger partial charge on any atom is 0.0701 e. The number of nitrogens with two attached hydrogens (primary N) is 2. The van der Waals surface area contributed by atoms with Gasteiger partial charge >= 0.3 is 0 Å². The Labute approximate surface area is 128 Å². The minimum atomic E-state index is 0.582. The highest BCUT2D eigenvalue weighted by Crippen LogP contribution is 2.28. The zero-order valence-electron chi connectivity index (χ0n) is 11.3. The van der Waals surface area contributed by atoms with Crippen LogP contribution in [0, 0.1) is 0 Å². The Hall–Kier alpha value is -2.46. The lowest BCUT2D eigenvalue weighted by molar-refractivity contribution is 0.695. The Balaban J connectivity index is 1.96. The van der Waals surface area contributed by atoms with Crippen molar-refractivity contribution in [2.24, 2.45) is 0 Å². The molecular formula is C16H15ClN4. The van der Waals surface area contributed by atoms with Gasteiger partial charge in [-0.05, 0) is 29.8 Å². The second kappa shape index (κ2) is 5.50. The molecular weight excluding hydrogens is 284 g/mol. The van der Waals surface area contributed by atoms with Crippen molar-refractivity contribution in [3.8, 4) is 11.3 Å². The summed E-state index contributed by atoms with van der Waals surface area (Å²) in [5.74, 6) is 0. The van der Waals surface area contributed by atoms with Crippen molar-refractivity contribution in [1.82, 2.24) is 9.78 Å². The van der Waals surface area contributed by atoms with Crippen molar-refractivity contribution in [2.45, 2.75) is 6.54 Å². The van der Waals surface area contributed by atoms with Gasteiger partial charge < -0.3 is 11.5 Å². The smallest absolute Gasteiger partial charge is 0.0701 e. The van der Waals surface area contributed by atoms with Crippen LogP contribution in [0.4, 0.5) is 11.4 Å². The first-order valence-electron chi connectivity index (χ1n) is 6.56. The Bertz CT molecular complexity index is 779. The summed E-state index contributed by atoms with van der Waals surface area (Å²) in [6.45, 7) is 0.609. The first-order chi connectivity index (χ1) is 10.1. The quantitative estimate of drug-likeness (QED) is 0.728. The van der Waals surface area contributed by atoms with Crippen LogP contribution in [0.2, 0.25) is 5.02 Å². The van der Waals surface area contributed by atoms with E-state index < -0.39 is 0 Å². The SMILES string of the molecule is Nc1ccc(Cn2nccc2-c2ccccc2Cl)cc1N. The zero-order valence-corrected chi connectivity index (χ0v) is 12.1. The molecule has 0 amide bonds. The molecule has 0 saturated carbocycles. The average molecular weight is 299 g/mol. The molecule has 0 saturated heterocycles. The molecule has 21 heavy (non-hydrogen) atoms. The number of nitrogen functional groups attached to an aromatic ring is 2. The molecule has 3 aromatic rings. The molecule has 0 unspecified atom stereocenters. The largest absolute Gasteiger partial charge is 0.397 e. The van der Waals surface area contributed by atoms with Crippen LogP contribution < -0.4 is 11.5 Å². The van der Waals surface area contributed by atoms with Crippen LogP contribution in [0.1, 0.15) is 5.56 Å². The molecule has 0 aliphatic carbocycles. The molecule has 106 valence electrons. The molecule has 0 aliphatic heterocycles. The van der Waals surface area contributed by atoms with Gasteiger partial charge in [-0.3, -0.25) is 4.68 Å². The van der Waals surface area contributed by atoms with E-state index in [2.05, 4.69) is 5.10 Å². The summed E-state index contributed by atoms with van der Waals surface area (Å²) < 4.78 is 1.90. The maximum absolute atomic E-state index is 6.26. The number of benzene rings is 2. The summed E-state index contributed by atoms with van der Waals surface area (Å²) in [5, 5.41) is 5.07. The van der Waals surface area contributed by atoms with Gasteiger partial charge in [0.25, 0.3) is 0 Å². The molecule has 5 heteroatoms. The molecule has 4 nitrogen and oxygen atoms in total. The van der Waals surface area contributed by atoms with Gasteiger partial charge in [-0.2, -0.15) is 5.10 Å². The molecule has 0 fully saturated rings. The third kappa shape index (κ3) is 2.71. The molecule has 1 heterocycles. The van der Waals surface area contributed by atoms with Crippen LogP contribution >= 0.6 is 11.6 Å². The summed E-state index contributed by atoms with van der Waals surface area (Å²) in [4.78, 5) is 0. The fourth-order valence-corrected chi connectivity index (χ4v) is 2.48. The average Bonchev–Trinajstić information content (AvgIpc) is 2.91. The van der Waals surface area contributed by atoms with Gasteiger partial charge in [-0.25, -0.2) is 0 Å². The number of rotatable bonds is 3. The first-order valence-corrected chi connectivity index (χ1v) is 6.93. The van der Waals surface area contributed by atoms with E-state index in [0.29, 0.717) is 22.9 Å². The van der Waals surface area contributed by atoms with Crippen molar-refractivity contribution in [3.63, 3.8) is 0 Å². The van der Waals surface area contributed by atoms with Gasteiger partial charge in [-0.15, -0.1) is 0 Å². The topological polar surface area (TPSA) is 69.9 Å². The van der Waals surface area contributed by atoms with Crippen LogP contribution in [-0.4, -0.2) is 9.78 Å². The lowest BCUT2D eigenvalue weighted by Crippen LogP contribution is -2.05. The number of aromatic nitrogens is 2. The first kappa shape index (κ1) is 13.5. The van der Waals surface area contributed by atoms with E-state index in [4.69, 9.17) is 23.1 Å². The normalized spacial score (nSPS) is 10.7. The summed E-state index contributed by atoms with van der Waals surface area (Å²) in [5.41, 5.74) is 15.7. The third-order valence-corrected chi connectivity index (χ3v) is 3.68. The zero-order chi connectivity index (χ0) is 14.8. The Morgan fingerprint density at radius 1 is 1.00 bits per heavy atom. The molecule has 0 spiro atoms. The van der Waals surface area contributed by atoms with Crippen molar-refractivity contribution >= 4 is 23.0 Å². The van der Waals surface area contributed by atoms with Gasteiger partial charge in [-0.1, -0.05) is 35.9 Å². The molecule has 0 aliphatic rings. The van der Waals surface area contributed by atoms with Crippen molar-refractivity contribution in [2.75, 3.05) is 11.5 Å². The lowest BCUT2D eigenvalue weighted by Gasteiger charge is -2.10. The second-order valence-corrected chi connectivity index (χ2v) is 5.22. The molecule has 0 bridgehead atoms. The van der Waals surface area contributed by atoms with Crippen LogP contribution in [0.25, 0.3) is 11.3 Å². The summed E-state index contributed by atoms with van der Waals surface area (Å²) in [6, 6.07) is 15.3. The van der Waals surface area contributed by atoms with Gasteiger partial charge in [0.2, 0.25) is 0 Å². The molecule has 2 aromatic carbocycles. The van der Waals surface area contributed by atoms with E-state index in [1.165, 1.54) is 0 Å². The minimum Gasteiger partial charge on any atom is -0.397 e. The standard InChI is InChI=1S/C16H15ClN4/c17-13-4-2-1-3-12(13)16-7-8-20-21(16)10-11-5-6-14(18)15(19)9-11/h1-9H,10,18-19H2. The predicted molar refractivity (Wildman–Crippen MR) is 87.0 cm³/mol. The Morgan fingerprint density at radius 2 is 1.81 bits per heavy atom. The van der Waals surface area contributed by atoms with Crippen molar-refractivity contribution in [3.05, 3.63) is 65.3 Å². The van der Waals surface area contributed by atoms with E-state index in [1.54, 1.807) is 6.20 Å². The predicted octanol–water partition coefficient (Wildman–Crippen LogP) is 3.42. The van der Waals surface area contributed by atoms with E-state index in [9.17, 15) is 0 Å². The molecule has 0 radical (unpaired) electrons. The highest BCUT2D eigenvalue weighted by Gasteiger charge is 2.09. The van der Waals surface area contributed by atoms with Crippen LogP contribution in [0.5, 0.6) is 0 Å². The summed E-state index contributed by atoms with van der Waals surface area (Å²) in [7, 11) is 0. The number of nitrogens with zero attached hydrogens (tertiary/aromatic N) is 2.